The van der Waals surface area contributed by atoms with Crippen LogP contribution >= 0.6 is 23.2 Å². The molecule has 2 heterocycles. The number of aromatic nitrogens is 2. The van der Waals surface area contributed by atoms with Crippen molar-refractivity contribution < 1.29 is 0 Å². The Morgan fingerprint density at radius 2 is 2.07 bits per heavy atom. The zero-order chi connectivity index (χ0) is 10.1. The minimum atomic E-state index is 0.503. The van der Waals surface area contributed by atoms with Crippen molar-refractivity contribution in [3.05, 3.63) is 46.3 Å². The summed E-state index contributed by atoms with van der Waals surface area (Å²) in [6, 6.07) is 7.47. The maximum absolute atomic E-state index is 6.04. The molecule has 2 aromatic heterocycles. The van der Waals surface area contributed by atoms with Gasteiger partial charge in [-0.05, 0) is 25.1 Å². The summed E-state index contributed by atoms with van der Waals surface area (Å²) in [6.45, 7) is 1.94. The van der Waals surface area contributed by atoms with Gasteiger partial charge >= 0.3 is 0 Å². The Bertz CT molecular complexity index is 449. The first-order chi connectivity index (χ1) is 6.70. The largest absolute Gasteiger partial charge is 0.288 e. The molecule has 0 fully saturated rings. The highest BCUT2D eigenvalue weighted by Crippen LogP contribution is 2.28. The van der Waals surface area contributed by atoms with Crippen molar-refractivity contribution in [3.8, 4) is 5.82 Å². The quantitative estimate of drug-likeness (QED) is 0.729. The summed E-state index contributed by atoms with van der Waals surface area (Å²) < 4.78 is 1.81. The number of nitrogens with zero attached hydrogens (tertiary/aromatic N) is 2. The monoisotopic (exact) mass is 226 g/mol. The summed E-state index contributed by atoms with van der Waals surface area (Å²) in [5.41, 5.74) is 0.971. The zero-order valence-corrected chi connectivity index (χ0v) is 9.05. The fraction of sp³-hybridized carbons (Fsp3) is 0.100. The molecule has 2 nitrogen and oxygen atoms in total. The molecule has 0 N–H and O–H groups in total. The fourth-order valence-corrected chi connectivity index (χ4v) is 1.85. The highest BCUT2D eigenvalue weighted by atomic mass is 35.5. The van der Waals surface area contributed by atoms with Crippen LogP contribution in [0, 0.1) is 6.92 Å². The molecule has 0 spiro atoms. The molecule has 4 heteroatoms. The summed E-state index contributed by atoms with van der Waals surface area (Å²) in [6.07, 6.45) is 1.72. The van der Waals surface area contributed by atoms with E-state index in [1.54, 1.807) is 6.20 Å². The second-order valence-corrected chi connectivity index (χ2v) is 3.71. The third-order valence-electron chi connectivity index (χ3n) is 1.96. The van der Waals surface area contributed by atoms with E-state index in [-0.39, 0.29) is 0 Å². The summed E-state index contributed by atoms with van der Waals surface area (Å²) in [5.74, 6) is 0.780. The van der Waals surface area contributed by atoms with Crippen LogP contribution in [0.4, 0.5) is 0 Å². The summed E-state index contributed by atoms with van der Waals surface area (Å²) >= 11 is 11.9. The molecule has 2 aromatic rings. The van der Waals surface area contributed by atoms with E-state index < -0.39 is 0 Å². The van der Waals surface area contributed by atoms with Gasteiger partial charge in [0.15, 0.2) is 0 Å². The molecule has 0 atom stereocenters. The lowest BCUT2D eigenvalue weighted by atomic mass is 10.4. The summed E-state index contributed by atoms with van der Waals surface area (Å²) in [4.78, 5) is 4.20. The molecule has 2 rings (SSSR count). The maximum atomic E-state index is 6.04. The van der Waals surface area contributed by atoms with Gasteiger partial charge in [-0.25, -0.2) is 4.98 Å². The lowest BCUT2D eigenvalue weighted by Crippen LogP contribution is -1.98. The van der Waals surface area contributed by atoms with Gasteiger partial charge < -0.3 is 0 Å². The van der Waals surface area contributed by atoms with Crippen molar-refractivity contribution in [2.45, 2.75) is 6.92 Å². The number of halogens is 2. The number of aryl methyl sites for hydroxylation is 1. The normalized spacial score (nSPS) is 10.5. The second-order valence-electron chi connectivity index (χ2n) is 2.95. The molecule has 0 aliphatic rings. The van der Waals surface area contributed by atoms with Crippen LogP contribution in [0.1, 0.15) is 5.69 Å². The average Bonchev–Trinajstić information content (AvgIpc) is 2.43. The first-order valence-corrected chi connectivity index (χ1v) is 4.90. The van der Waals surface area contributed by atoms with Gasteiger partial charge in [0.2, 0.25) is 0 Å². The Labute approximate surface area is 92.1 Å². The first kappa shape index (κ1) is 9.56. The van der Waals surface area contributed by atoms with Crippen LogP contribution in [0.2, 0.25) is 10.2 Å². The van der Waals surface area contributed by atoms with Crippen LogP contribution in [0.3, 0.4) is 0 Å². The highest BCUT2D eigenvalue weighted by Gasteiger charge is 2.10. The predicted octanol–water partition coefficient (Wildman–Crippen LogP) is 3.49. The van der Waals surface area contributed by atoms with Crippen molar-refractivity contribution in [1.82, 2.24) is 9.55 Å². The van der Waals surface area contributed by atoms with E-state index in [0.29, 0.717) is 10.2 Å². The summed E-state index contributed by atoms with van der Waals surface area (Å²) in [5, 5.41) is 1.05. The van der Waals surface area contributed by atoms with Crippen molar-refractivity contribution in [2.24, 2.45) is 0 Å². The topological polar surface area (TPSA) is 17.8 Å². The molecule has 0 saturated carbocycles. The van der Waals surface area contributed by atoms with Crippen molar-refractivity contribution in [3.63, 3.8) is 0 Å². The van der Waals surface area contributed by atoms with E-state index in [2.05, 4.69) is 4.98 Å². The molecule has 0 bridgehead atoms. The van der Waals surface area contributed by atoms with E-state index in [0.717, 1.165) is 11.5 Å². The van der Waals surface area contributed by atoms with Crippen molar-refractivity contribution in [2.75, 3.05) is 0 Å². The third kappa shape index (κ3) is 1.51. The first-order valence-electron chi connectivity index (χ1n) is 4.15. The maximum Gasteiger partial charge on any atom is 0.137 e. The van der Waals surface area contributed by atoms with Crippen molar-refractivity contribution >= 4 is 23.2 Å². The average molecular weight is 227 g/mol. The van der Waals surface area contributed by atoms with Gasteiger partial charge in [-0.1, -0.05) is 29.3 Å². The van der Waals surface area contributed by atoms with Gasteiger partial charge in [0.05, 0.1) is 5.02 Å². The summed E-state index contributed by atoms with van der Waals surface area (Å²) in [7, 11) is 0. The lowest BCUT2D eigenvalue weighted by molar-refractivity contribution is 0.963. The SMILES string of the molecule is Cc1cc(Cl)c(Cl)n1-c1ccccn1. The molecule has 0 amide bonds. The van der Waals surface area contributed by atoms with Crippen LogP contribution < -0.4 is 0 Å². The Balaban J connectivity index is 2.62. The van der Waals surface area contributed by atoms with Gasteiger partial charge in [0, 0.05) is 11.9 Å². The number of pyridine rings is 1. The molecular formula is C10H8Cl2N2. The van der Waals surface area contributed by atoms with Crippen molar-refractivity contribution in [1.29, 1.82) is 0 Å². The highest BCUT2D eigenvalue weighted by molar-refractivity contribution is 6.41. The Morgan fingerprint density at radius 3 is 2.57 bits per heavy atom. The Morgan fingerprint density at radius 1 is 1.29 bits per heavy atom. The molecular weight excluding hydrogens is 219 g/mol. The minimum Gasteiger partial charge on any atom is -0.288 e. The standard InChI is InChI=1S/C10H8Cl2N2/c1-7-6-8(11)10(12)14(7)9-4-2-3-5-13-9/h2-6H,1H3. The van der Waals surface area contributed by atoms with Crippen LogP contribution in [-0.4, -0.2) is 9.55 Å². The van der Waals surface area contributed by atoms with E-state index in [1.165, 1.54) is 0 Å². The molecule has 0 saturated heterocycles. The minimum absolute atomic E-state index is 0.503. The van der Waals surface area contributed by atoms with E-state index in [1.807, 2.05) is 35.8 Å². The van der Waals surface area contributed by atoms with Crippen LogP contribution in [0.25, 0.3) is 5.82 Å². The lowest BCUT2D eigenvalue weighted by Gasteiger charge is -2.05. The van der Waals surface area contributed by atoms with Gasteiger partial charge in [-0.3, -0.25) is 4.57 Å². The van der Waals surface area contributed by atoms with Crippen LogP contribution in [0.15, 0.2) is 30.5 Å². The molecule has 0 aliphatic carbocycles. The smallest absolute Gasteiger partial charge is 0.137 e. The van der Waals surface area contributed by atoms with E-state index >= 15 is 0 Å². The van der Waals surface area contributed by atoms with Gasteiger partial charge in [-0.2, -0.15) is 0 Å². The molecule has 0 unspecified atom stereocenters. The number of hydrogen-bond acceptors (Lipinski definition) is 1. The van der Waals surface area contributed by atoms with E-state index in [9.17, 15) is 0 Å². The second kappa shape index (κ2) is 3.64. The molecule has 0 aromatic carbocycles. The van der Waals surface area contributed by atoms with Crippen LogP contribution in [-0.2, 0) is 0 Å². The number of hydrogen-bond donors (Lipinski definition) is 0. The Kier molecular flexibility index (Phi) is 2.48. The third-order valence-corrected chi connectivity index (χ3v) is 2.72. The van der Waals surface area contributed by atoms with E-state index in [4.69, 9.17) is 23.2 Å². The van der Waals surface area contributed by atoms with Gasteiger partial charge in [0.1, 0.15) is 11.0 Å². The molecule has 14 heavy (non-hydrogen) atoms. The molecule has 0 aliphatic heterocycles. The fourth-order valence-electron chi connectivity index (χ4n) is 1.34. The van der Waals surface area contributed by atoms with Gasteiger partial charge in [-0.15, -0.1) is 0 Å². The Hall–Kier alpha value is -0.990. The predicted molar refractivity (Wildman–Crippen MR) is 58.3 cm³/mol. The van der Waals surface area contributed by atoms with Gasteiger partial charge in [0.25, 0.3) is 0 Å². The number of rotatable bonds is 1. The molecule has 72 valence electrons. The van der Waals surface area contributed by atoms with Crippen LogP contribution in [0.5, 0.6) is 0 Å². The molecule has 0 radical (unpaired) electrons. The zero-order valence-electron chi connectivity index (χ0n) is 7.54.